The molecule has 0 radical (unpaired) electrons. The molecule has 5 nitrogen and oxygen atoms in total. The van der Waals surface area contributed by atoms with Crippen LogP contribution in [0.25, 0.3) is 0 Å². The number of carbonyl (C=O) groups excluding carboxylic acids is 1. The van der Waals surface area contributed by atoms with E-state index < -0.39 is 0 Å². The summed E-state index contributed by atoms with van der Waals surface area (Å²) in [5, 5.41) is 6.67. The number of hydrogen-bond acceptors (Lipinski definition) is 4. The number of benzene rings is 1. The Morgan fingerprint density at radius 2 is 1.81 bits per heavy atom. The molecular weight excluding hydrogens is 326 g/mol. The lowest BCUT2D eigenvalue weighted by atomic mass is 9.89. The molecule has 144 valence electrons. The largest absolute Gasteiger partial charge is 0.492 e. The van der Waals surface area contributed by atoms with Gasteiger partial charge in [0.15, 0.2) is 0 Å². The second-order valence-electron chi connectivity index (χ2n) is 7.63. The molecule has 2 aliphatic heterocycles. The predicted molar refractivity (Wildman–Crippen MR) is 106 cm³/mol. The van der Waals surface area contributed by atoms with Crippen molar-refractivity contribution in [1.29, 1.82) is 0 Å². The predicted octanol–water partition coefficient (Wildman–Crippen LogP) is 3.27. The molecule has 2 heterocycles. The zero-order valence-electron chi connectivity index (χ0n) is 16.2. The molecule has 2 fully saturated rings. The highest BCUT2D eigenvalue weighted by Gasteiger charge is 2.34. The summed E-state index contributed by atoms with van der Waals surface area (Å²) < 4.78 is 5.79. The second-order valence-corrected chi connectivity index (χ2v) is 7.63. The third kappa shape index (κ3) is 5.45. The molecule has 0 aliphatic carbocycles. The van der Waals surface area contributed by atoms with Gasteiger partial charge in [-0.15, -0.1) is 0 Å². The van der Waals surface area contributed by atoms with Gasteiger partial charge in [0.05, 0.1) is 0 Å². The summed E-state index contributed by atoms with van der Waals surface area (Å²) in [4.78, 5) is 14.7. The Kier molecular flexibility index (Phi) is 6.92. The minimum absolute atomic E-state index is 0.131. The second kappa shape index (κ2) is 9.38. The molecule has 1 aromatic rings. The molecule has 2 atom stereocenters. The maximum Gasteiger partial charge on any atom is 0.224 e. The number of hydrogen-bond donors (Lipinski definition) is 2. The van der Waals surface area contributed by atoms with E-state index in [0.29, 0.717) is 31.0 Å². The number of amides is 1. The van der Waals surface area contributed by atoms with Gasteiger partial charge in [-0.25, -0.2) is 0 Å². The third-order valence-electron chi connectivity index (χ3n) is 5.75. The van der Waals surface area contributed by atoms with Gasteiger partial charge in [0.1, 0.15) is 12.4 Å². The molecular formula is C21H33N3O2. The average Bonchev–Trinajstić information content (AvgIpc) is 2.98. The van der Waals surface area contributed by atoms with Gasteiger partial charge in [0.25, 0.3) is 0 Å². The van der Waals surface area contributed by atoms with Crippen LogP contribution >= 0.6 is 0 Å². The SMILES string of the molecule is CCN(CC)CCOc1ccc(NC(=O)CC2CC3CCC(C2)N3)cc1. The highest BCUT2D eigenvalue weighted by atomic mass is 16.5. The first kappa shape index (κ1) is 19.2. The molecule has 0 saturated carbocycles. The fraction of sp³-hybridized carbons (Fsp3) is 0.667. The fourth-order valence-electron chi connectivity index (χ4n) is 4.28. The van der Waals surface area contributed by atoms with Crippen molar-refractivity contribution < 1.29 is 9.53 Å². The van der Waals surface area contributed by atoms with Crippen LogP contribution in [-0.2, 0) is 4.79 Å². The van der Waals surface area contributed by atoms with Crippen LogP contribution in [0.15, 0.2) is 24.3 Å². The van der Waals surface area contributed by atoms with Gasteiger partial charge in [0, 0.05) is 30.7 Å². The number of likely N-dealkylation sites (N-methyl/N-ethyl adjacent to an activating group) is 1. The minimum atomic E-state index is 0.131. The lowest BCUT2D eigenvalue weighted by Crippen LogP contribution is -2.39. The van der Waals surface area contributed by atoms with Crippen molar-refractivity contribution in [1.82, 2.24) is 10.2 Å². The van der Waals surface area contributed by atoms with E-state index in [0.717, 1.165) is 43.9 Å². The summed E-state index contributed by atoms with van der Waals surface area (Å²) in [7, 11) is 0. The zero-order chi connectivity index (χ0) is 18.4. The van der Waals surface area contributed by atoms with Gasteiger partial charge in [-0.1, -0.05) is 13.8 Å². The van der Waals surface area contributed by atoms with Crippen molar-refractivity contribution in [3.05, 3.63) is 24.3 Å². The molecule has 1 amide bonds. The molecule has 2 unspecified atom stereocenters. The van der Waals surface area contributed by atoms with E-state index in [-0.39, 0.29) is 5.91 Å². The van der Waals surface area contributed by atoms with Crippen LogP contribution in [0.3, 0.4) is 0 Å². The molecule has 3 rings (SSSR count). The summed E-state index contributed by atoms with van der Waals surface area (Å²) >= 11 is 0. The molecule has 26 heavy (non-hydrogen) atoms. The van der Waals surface area contributed by atoms with Crippen LogP contribution < -0.4 is 15.4 Å². The van der Waals surface area contributed by atoms with E-state index in [2.05, 4.69) is 29.4 Å². The summed E-state index contributed by atoms with van der Waals surface area (Å²) in [6.45, 7) is 8.03. The fourth-order valence-corrected chi connectivity index (χ4v) is 4.28. The van der Waals surface area contributed by atoms with Crippen LogP contribution in [0.4, 0.5) is 5.69 Å². The van der Waals surface area contributed by atoms with Gasteiger partial charge in [-0.05, 0) is 69.0 Å². The Morgan fingerprint density at radius 3 is 2.42 bits per heavy atom. The number of nitrogens with zero attached hydrogens (tertiary/aromatic N) is 1. The van der Waals surface area contributed by atoms with Gasteiger partial charge in [-0.3, -0.25) is 4.79 Å². The Hall–Kier alpha value is -1.59. The molecule has 2 N–H and O–H groups in total. The topological polar surface area (TPSA) is 53.6 Å². The summed E-state index contributed by atoms with van der Waals surface area (Å²) in [6, 6.07) is 9.00. The zero-order valence-corrected chi connectivity index (χ0v) is 16.2. The minimum Gasteiger partial charge on any atom is -0.492 e. The molecule has 0 aromatic heterocycles. The van der Waals surface area contributed by atoms with Gasteiger partial charge < -0.3 is 20.3 Å². The molecule has 2 bridgehead atoms. The Labute approximate surface area is 157 Å². The van der Waals surface area contributed by atoms with Crippen molar-refractivity contribution >= 4 is 11.6 Å². The van der Waals surface area contributed by atoms with Crippen LogP contribution in [0, 0.1) is 5.92 Å². The van der Waals surface area contributed by atoms with E-state index in [9.17, 15) is 4.79 Å². The number of ether oxygens (including phenoxy) is 1. The van der Waals surface area contributed by atoms with Crippen LogP contribution in [0.2, 0.25) is 0 Å². The standard InChI is InChI=1S/C21H33N3O2/c1-3-24(4-2)11-12-26-20-9-7-17(8-10-20)23-21(25)15-16-13-18-5-6-19(14-16)22-18/h7-10,16,18-19,22H,3-6,11-15H2,1-2H3,(H,23,25). The number of piperidine rings is 1. The van der Waals surface area contributed by atoms with Crippen molar-refractivity contribution in [2.75, 3.05) is 31.6 Å². The Bertz CT molecular complexity index is 559. The molecule has 5 heteroatoms. The van der Waals surface area contributed by atoms with Crippen molar-refractivity contribution in [2.24, 2.45) is 5.92 Å². The highest BCUT2D eigenvalue weighted by molar-refractivity contribution is 5.90. The number of nitrogens with one attached hydrogen (secondary N) is 2. The maximum atomic E-state index is 12.3. The molecule has 2 aliphatic rings. The normalized spacial score (nSPS) is 24.7. The van der Waals surface area contributed by atoms with Crippen LogP contribution in [0.5, 0.6) is 5.75 Å². The number of fused-ring (bicyclic) bond motifs is 2. The smallest absolute Gasteiger partial charge is 0.224 e. The first-order valence-electron chi connectivity index (χ1n) is 10.2. The van der Waals surface area contributed by atoms with E-state index in [4.69, 9.17) is 4.74 Å². The summed E-state index contributed by atoms with van der Waals surface area (Å²) in [6.07, 6.45) is 5.47. The van der Waals surface area contributed by atoms with Crippen molar-refractivity contribution in [2.45, 2.75) is 58.0 Å². The van der Waals surface area contributed by atoms with E-state index in [1.165, 1.54) is 12.8 Å². The molecule has 0 spiro atoms. The third-order valence-corrected chi connectivity index (χ3v) is 5.75. The van der Waals surface area contributed by atoms with Crippen molar-refractivity contribution in [3.63, 3.8) is 0 Å². The lowest BCUT2D eigenvalue weighted by molar-refractivity contribution is -0.117. The number of rotatable bonds is 9. The first-order valence-corrected chi connectivity index (χ1v) is 10.2. The summed E-state index contributed by atoms with van der Waals surface area (Å²) in [5.74, 6) is 1.51. The van der Waals surface area contributed by atoms with E-state index >= 15 is 0 Å². The number of anilines is 1. The van der Waals surface area contributed by atoms with Crippen molar-refractivity contribution in [3.8, 4) is 5.75 Å². The lowest BCUT2D eigenvalue weighted by Gasteiger charge is -2.28. The Morgan fingerprint density at radius 1 is 1.15 bits per heavy atom. The van der Waals surface area contributed by atoms with Gasteiger partial charge in [0.2, 0.25) is 5.91 Å². The monoisotopic (exact) mass is 359 g/mol. The van der Waals surface area contributed by atoms with E-state index in [1.807, 2.05) is 24.3 Å². The quantitative estimate of drug-likeness (QED) is 0.711. The first-order chi connectivity index (χ1) is 12.7. The average molecular weight is 360 g/mol. The highest BCUT2D eigenvalue weighted by Crippen LogP contribution is 2.32. The summed E-state index contributed by atoms with van der Waals surface area (Å²) in [5.41, 5.74) is 0.850. The van der Waals surface area contributed by atoms with E-state index in [1.54, 1.807) is 0 Å². The van der Waals surface area contributed by atoms with Gasteiger partial charge >= 0.3 is 0 Å². The Balaban J connectivity index is 1.40. The molecule has 1 aromatic carbocycles. The van der Waals surface area contributed by atoms with Crippen LogP contribution in [-0.4, -0.2) is 49.1 Å². The van der Waals surface area contributed by atoms with Gasteiger partial charge in [-0.2, -0.15) is 0 Å². The number of carbonyl (C=O) groups is 1. The van der Waals surface area contributed by atoms with Crippen LogP contribution in [0.1, 0.15) is 46.0 Å². The molecule has 2 saturated heterocycles. The maximum absolute atomic E-state index is 12.3.